The number of hydrogen-bond acceptors (Lipinski definition) is 3. The van der Waals surface area contributed by atoms with Crippen LogP contribution in [0.25, 0.3) is 6.08 Å². The summed E-state index contributed by atoms with van der Waals surface area (Å²) in [6, 6.07) is 11.9. The molecule has 0 bridgehead atoms. The molecule has 2 aromatic carbocycles. The number of benzene rings is 2. The van der Waals surface area contributed by atoms with Crippen molar-refractivity contribution in [2.45, 2.75) is 6.54 Å². The Morgan fingerprint density at radius 2 is 1.96 bits per heavy atom. The lowest BCUT2D eigenvalue weighted by Crippen LogP contribution is -2.24. The number of rotatable bonds is 5. The van der Waals surface area contributed by atoms with Crippen molar-refractivity contribution in [2.24, 2.45) is 0 Å². The number of halogens is 1. The van der Waals surface area contributed by atoms with Gasteiger partial charge in [0.05, 0.1) is 4.92 Å². The summed E-state index contributed by atoms with van der Waals surface area (Å²) in [4.78, 5) is 23.7. The van der Waals surface area contributed by atoms with Crippen LogP contribution in [0.5, 0.6) is 0 Å². The van der Waals surface area contributed by atoms with E-state index in [0.717, 1.165) is 5.56 Å². The molecule has 0 aromatic heterocycles. The van der Waals surface area contributed by atoms with E-state index in [4.69, 9.17) is 0 Å². The van der Waals surface area contributed by atoms with Crippen LogP contribution in [0.4, 0.5) is 10.1 Å². The zero-order valence-corrected chi connectivity index (χ0v) is 12.5. The highest BCUT2D eigenvalue weighted by atomic mass is 19.1. The molecule has 0 saturated carbocycles. The SMILES string of the molecule is CN(Cc1ccc(F)cc1)C(=O)/C=C/c1cccc([N+](=O)[O-])c1. The van der Waals surface area contributed by atoms with Crippen molar-refractivity contribution < 1.29 is 14.1 Å². The molecule has 6 heteroatoms. The average molecular weight is 314 g/mol. The minimum atomic E-state index is -0.486. The highest BCUT2D eigenvalue weighted by Crippen LogP contribution is 2.14. The van der Waals surface area contributed by atoms with E-state index in [1.54, 1.807) is 31.3 Å². The van der Waals surface area contributed by atoms with Crippen LogP contribution in [0.2, 0.25) is 0 Å². The summed E-state index contributed by atoms with van der Waals surface area (Å²) in [6.45, 7) is 0.346. The van der Waals surface area contributed by atoms with Gasteiger partial charge in [0, 0.05) is 31.8 Å². The fraction of sp³-hybridized carbons (Fsp3) is 0.118. The number of nitro benzene ring substituents is 1. The summed E-state index contributed by atoms with van der Waals surface area (Å²) in [7, 11) is 1.63. The highest BCUT2D eigenvalue weighted by molar-refractivity contribution is 5.91. The lowest BCUT2D eigenvalue weighted by Gasteiger charge is -2.15. The molecule has 2 aromatic rings. The van der Waals surface area contributed by atoms with Gasteiger partial charge in [-0.1, -0.05) is 24.3 Å². The maximum Gasteiger partial charge on any atom is 0.270 e. The van der Waals surface area contributed by atoms with Crippen molar-refractivity contribution >= 4 is 17.7 Å². The summed E-state index contributed by atoms with van der Waals surface area (Å²) in [5.74, 6) is -0.575. The first-order chi connectivity index (χ1) is 11.0. The van der Waals surface area contributed by atoms with E-state index in [0.29, 0.717) is 12.1 Å². The van der Waals surface area contributed by atoms with Crippen LogP contribution < -0.4 is 0 Å². The molecule has 0 radical (unpaired) electrons. The third-order valence-corrected chi connectivity index (χ3v) is 3.21. The molecule has 0 aliphatic carbocycles. The van der Waals surface area contributed by atoms with Crippen molar-refractivity contribution in [3.63, 3.8) is 0 Å². The maximum atomic E-state index is 12.8. The number of non-ortho nitro benzene ring substituents is 1. The number of nitro groups is 1. The molecule has 1 amide bonds. The third-order valence-electron chi connectivity index (χ3n) is 3.21. The fourth-order valence-corrected chi connectivity index (χ4v) is 1.98. The summed E-state index contributed by atoms with van der Waals surface area (Å²) in [5.41, 5.74) is 1.35. The van der Waals surface area contributed by atoms with Crippen LogP contribution >= 0.6 is 0 Å². The van der Waals surface area contributed by atoms with Crippen molar-refractivity contribution in [3.05, 3.63) is 81.7 Å². The second-order valence-electron chi connectivity index (χ2n) is 5.01. The Labute approximate surface area is 132 Å². The van der Waals surface area contributed by atoms with E-state index in [-0.39, 0.29) is 17.4 Å². The van der Waals surface area contributed by atoms with Gasteiger partial charge in [-0.15, -0.1) is 0 Å². The molecule has 0 N–H and O–H groups in total. The van der Waals surface area contributed by atoms with Gasteiger partial charge in [-0.3, -0.25) is 14.9 Å². The number of amides is 1. The molecular weight excluding hydrogens is 299 g/mol. The first-order valence-electron chi connectivity index (χ1n) is 6.88. The molecule has 0 spiro atoms. The van der Waals surface area contributed by atoms with Gasteiger partial charge in [0.1, 0.15) is 5.82 Å². The molecule has 0 aliphatic rings. The molecule has 0 atom stereocenters. The van der Waals surface area contributed by atoms with Gasteiger partial charge in [-0.05, 0) is 29.3 Å². The summed E-state index contributed by atoms with van der Waals surface area (Å²) in [5, 5.41) is 10.7. The molecule has 2 rings (SSSR count). The normalized spacial score (nSPS) is 10.7. The van der Waals surface area contributed by atoms with E-state index >= 15 is 0 Å². The first kappa shape index (κ1) is 16.4. The molecular formula is C17H15FN2O3. The van der Waals surface area contributed by atoms with E-state index in [9.17, 15) is 19.3 Å². The van der Waals surface area contributed by atoms with Crippen LogP contribution in [0.1, 0.15) is 11.1 Å². The van der Waals surface area contributed by atoms with Crippen LogP contribution in [0.3, 0.4) is 0 Å². The number of likely N-dealkylation sites (N-methyl/N-ethyl adjacent to an activating group) is 1. The number of carbonyl (C=O) groups is 1. The Hall–Kier alpha value is -3.02. The number of hydrogen-bond donors (Lipinski definition) is 0. The van der Waals surface area contributed by atoms with Crippen LogP contribution in [0, 0.1) is 15.9 Å². The van der Waals surface area contributed by atoms with Gasteiger partial charge in [0.15, 0.2) is 0 Å². The number of nitrogens with zero attached hydrogens (tertiary/aromatic N) is 2. The monoisotopic (exact) mass is 314 g/mol. The van der Waals surface area contributed by atoms with Gasteiger partial charge >= 0.3 is 0 Å². The minimum absolute atomic E-state index is 0.0285. The zero-order chi connectivity index (χ0) is 16.8. The molecule has 5 nitrogen and oxygen atoms in total. The number of carbonyl (C=O) groups excluding carboxylic acids is 1. The van der Waals surface area contributed by atoms with E-state index < -0.39 is 4.92 Å². The molecule has 0 heterocycles. The van der Waals surface area contributed by atoms with Crippen LogP contribution in [0.15, 0.2) is 54.6 Å². The predicted octanol–water partition coefficient (Wildman–Crippen LogP) is 3.41. The minimum Gasteiger partial charge on any atom is -0.338 e. The summed E-state index contributed by atoms with van der Waals surface area (Å²) < 4.78 is 12.8. The summed E-state index contributed by atoms with van der Waals surface area (Å²) in [6.07, 6.45) is 2.87. The standard InChI is InChI=1S/C17H15FN2O3/c1-19(12-14-5-8-15(18)9-6-14)17(21)10-7-13-3-2-4-16(11-13)20(22)23/h2-11H,12H2,1H3/b10-7+. The maximum absolute atomic E-state index is 12.8. The Balaban J connectivity index is 2.01. The molecule has 0 fully saturated rings. The van der Waals surface area contributed by atoms with Crippen LogP contribution in [-0.2, 0) is 11.3 Å². The van der Waals surface area contributed by atoms with Gasteiger partial charge in [0.2, 0.25) is 5.91 Å². The van der Waals surface area contributed by atoms with Crippen molar-refractivity contribution in [3.8, 4) is 0 Å². The molecule has 23 heavy (non-hydrogen) atoms. The van der Waals surface area contributed by atoms with Gasteiger partial charge in [-0.25, -0.2) is 4.39 Å². The lowest BCUT2D eigenvalue weighted by atomic mass is 10.2. The Bertz CT molecular complexity index is 742. The van der Waals surface area contributed by atoms with E-state index in [2.05, 4.69) is 0 Å². The Kier molecular flexibility index (Phi) is 5.19. The largest absolute Gasteiger partial charge is 0.338 e. The van der Waals surface area contributed by atoms with Gasteiger partial charge in [-0.2, -0.15) is 0 Å². The van der Waals surface area contributed by atoms with Crippen molar-refractivity contribution in [2.75, 3.05) is 7.05 Å². The second-order valence-corrected chi connectivity index (χ2v) is 5.01. The molecule has 0 saturated heterocycles. The van der Waals surface area contributed by atoms with Crippen molar-refractivity contribution in [1.29, 1.82) is 0 Å². The van der Waals surface area contributed by atoms with E-state index in [1.807, 2.05) is 0 Å². The van der Waals surface area contributed by atoms with Crippen LogP contribution in [-0.4, -0.2) is 22.8 Å². The van der Waals surface area contributed by atoms with Crippen molar-refractivity contribution in [1.82, 2.24) is 4.90 Å². The smallest absolute Gasteiger partial charge is 0.270 e. The quantitative estimate of drug-likeness (QED) is 0.482. The zero-order valence-electron chi connectivity index (χ0n) is 12.5. The van der Waals surface area contributed by atoms with Gasteiger partial charge < -0.3 is 4.90 Å². The topological polar surface area (TPSA) is 63.5 Å². The summed E-state index contributed by atoms with van der Waals surface area (Å²) >= 11 is 0. The second kappa shape index (κ2) is 7.31. The fourth-order valence-electron chi connectivity index (χ4n) is 1.98. The predicted molar refractivity (Wildman–Crippen MR) is 85.0 cm³/mol. The lowest BCUT2D eigenvalue weighted by molar-refractivity contribution is -0.384. The van der Waals surface area contributed by atoms with E-state index in [1.165, 1.54) is 41.3 Å². The third kappa shape index (κ3) is 4.74. The highest BCUT2D eigenvalue weighted by Gasteiger charge is 2.07. The molecule has 0 aliphatic heterocycles. The average Bonchev–Trinajstić information content (AvgIpc) is 2.55. The molecule has 0 unspecified atom stereocenters. The Morgan fingerprint density at radius 1 is 1.26 bits per heavy atom. The first-order valence-corrected chi connectivity index (χ1v) is 6.88. The van der Waals surface area contributed by atoms with Gasteiger partial charge in [0.25, 0.3) is 5.69 Å². The molecule has 118 valence electrons. The Morgan fingerprint density at radius 3 is 2.61 bits per heavy atom.